The first-order valence-corrected chi connectivity index (χ1v) is 14.2. The Hall–Kier alpha value is -3.44. The van der Waals surface area contributed by atoms with Crippen LogP contribution in [0.25, 0.3) is 0 Å². The molecule has 1 aliphatic heterocycles. The van der Waals surface area contributed by atoms with Crippen LogP contribution in [-0.2, 0) is 24.0 Å². The first-order chi connectivity index (χ1) is 18.9. The number of carbonyl (C=O) groups is 6. The lowest BCUT2D eigenvalue weighted by atomic mass is 9.94. The molecule has 1 heterocycles. The summed E-state index contributed by atoms with van der Waals surface area (Å²) in [5.41, 5.74) is 5.66. The van der Waals surface area contributed by atoms with E-state index in [9.17, 15) is 28.8 Å². The lowest BCUT2D eigenvalue weighted by molar-refractivity contribution is -0.140. The molecule has 0 saturated carbocycles. The molecule has 2 unspecified atom stereocenters. The number of rotatable bonds is 16. The van der Waals surface area contributed by atoms with Crippen molar-refractivity contribution in [2.45, 2.75) is 99.0 Å². The van der Waals surface area contributed by atoms with Crippen molar-refractivity contribution in [2.75, 3.05) is 19.6 Å². The molecule has 2 atom stereocenters. The Morgan fingerprint density at radius 2 is 1.68 bits per heavy atom. The second kappa shape index (κ2) is 20.5. The van der Waals surface area contributed by atoms with Gasteiger partial charge in [0.25, 0.3) is 0 Å². The number of allylic oxidation sites excluding steroid dienone is 2. The summed E-state index contributed by atoms with van der Waals surface area (Å²) in [5, 5.41) is 10.3. The predicted octanol–water partition coefficient (Wildman–Crippen LogP) is 2.08. The SMILES string of the molecule is C/C=C(\C)NC(=O)C(CCCNC(N)=O)NC(=O)CNC(=O)CCCCCN1C(=O)CC(C(C)C)C1=O.CCC. The lowest BCUT2D eigenvalue weighted by Crippen LogP contribution is -2.49. The van der Waals surface area contributed by atoms with Gasteiger partial charge in [-0.05, 0) is 45.4 Å². The van der Waals surface area contributed by atoms with E-state index in [2.05, 4.69) is 35.1 Å². The smallest absolute Gasteiger partial charge is 0.312 e. The Morgan fingerprint density at radius 1 is 1.02 bits per heavy atom. The third-order valence-electron chi connectivity index (χ3n) is 6.19. The fourth-order valence-corrected chi connectivity index (χ4v) is 3.85. The molecule has 40 heavy (non-hydrogen) atoms. The average Bonchev–Trinajstić information content (AvgIpc) is 3.17. The number of hydrogen-bond acceptors (Lipinski definition) is 6. The summed E-state index contributed by atoms with van der Waals surface area (Å²) in [6, 6.07) is -1.52. The molecule has 12 heteroatoms. The van der Waals surface area contributed by atoms with E-state index in [0.717, 1.165) is 0 Å². The number of primary amides is 1. The van der Waals surface area contributed by atoms with Gasteiger partial charge in [-0.1, -0.05) is 46.6 Å². The Morgan fingerprint density at radius 3 is 2.23 bits per heavy atom. The summed E-state index contributed by atoms with van der Waals surface area (Å²) in [7, 11) is 0. The molecule has 0 aromatic heterocycles. The molecule has 1 fully saturated rings. The molecular weight excluding hydrogens is 516 g/mol. The quantitative estimate of drug-likeness (QED) is 0.141. The molecule has 0 bridgehead atoms. The highest BCUT2D eigenvalue weighted by molar-refractivity contribution is 6.03. The molecule has 12 nitrogen and oxygen atoms in total. The van der Waals surface area contributed by atoms with E-state index in [1.807, 2.05) is 13.8 Å². The van der Waals surface area contributed by atoms with Crippen molar-refractivity contribution in [1.82, 2.24) is 26.2 Å². The van der Waals surface area contributed by atoms with Gasteiger partial charge in [-0.15, -0.1) is 0 Å². The number of nitrogens with zero attached hydrogens (tertiary/aromatic N) is 1. The standard InChI is InChI=1S/C25H42N6O6.C3H8/c1-5-17(4)29-23(35)19(10-9-12-27-25(26)37)30-21(33)15-28-20(32)11-7-6-8-13-31-22(34)14-18(16(2)3)24(31)36;1-3-2/h5,16,18-19H,6-15H2,1-4H3,(H,28,32)(H,29,35)(H,30,33)(H3,26,27,37);3H2,1-2H3/b17-5+;. The number of carbonyl (C=O) groups excluding carboxylic acids is 6. The number of hydrogen-bond donors (Lipinski definition) is 5. The van der Waals surface area contributed by atoms with Gasteiger partial charge in [0.2, 0.25) is 29.5 Å². The molecule has 0 aliphatic carbocycles. The van der Waals surface area contributed by atoms with Crippen molar-refractivity contribution in [3.63, 3.8) is 0 Å². The van der Waals surface area contributed by atoms with Crippen LogP contribution >= 0.6 is 0 Å². The Balaban J connectivity index is 0.00000483. The first kappa shape index (κ1) is 36.6. The van der Waals surface area contributed by atoms with Crippen molar-refractivity contribution in [3.05, 3.63) is 11.8 Å². The van der Waals surface area contributed by atoms with E-state index in [4.69, 9.17) is 5.73 Å². The molecule has 6 N–H and O–H groups in total. The van der Waals surface area contributed by atoms with Gasteiger partial charge < -0.3 is 27.0 Å². The number of imide groups is 1. The van der Waals surface area contributed by atoms with E-state index < -0.39 is 23.9 Å². The van der Waals surface area contributed by atoms with Crippen molar-refractivity contribution < 1.29 is 28.8 Å². The van der Waals surface area contributed by atoms with Gasteiger partial charge in [-0.3, -0.25) is 28.9 Å². The summed E-state index contributed by atoms with van der Waals surface area (Å²) >= 11 is 0. The minimum atomic E-state index is -0.847. The van der Waals surface area contributed by atoms with Crippen LogP contribution in [0.2, 0.25) is 0 Å². The van der Waals surface area contributed by atoms with Crippen LogP contribution in [0.3, 0.4) is 0 Å². The largest absolute Gasteiger partial charge is 0.352 e. The summed E-state index contributed by atoms with van der Waals surface area (Å²) in [5.74, 6) is -1.58. The molecule has 7 amide bonds. The van der Waals surface area contributed by atoms with Crippen LogP contribution in [0.1, 0.15) is 92.9 Å². The summed E-state index contributed by atoms with van der Waals surface area (Å²) in [4.78, 5) is 73.5. The van der Waals surface area contributed by atoms with Crippen LogP contribution in [0.15, 0.2) is 11.8 Å². The van der Waals surface area contributed by atoms with Gasteiger partial charge in [-0.25, -0.2) is 4.79 Å². The molecule has 0 aromatic carbocycles. The van der Waals surface area contributed by atoms with E-state index in [-0.39, 0.29) is 61.9 Å². The number of urea groups is 1. The summed E-state index contributed by atoms with van der Waals surface area (Å²) in [6.45, 7) is 11.9. The first-order valence-electron chi connectivity index (χ1n) is 14.2. The maximum atomic E-state index is 12.5. The Bertz CT molecular complexity index is 889. The molecular formula is C28H50N6O6. The highest BCUT2D eigenvalue weighted by Gasteiger charge is 2.39. The van der Waals surface area contributed by atoms with Crippen LogP contribution in [-0.4, -0.2) is 66.1 Å². The Labute approximate surface area is 238 Å². The molecule has 1 aliphatic rings. The highest BCUT2D eigenvalue weighted by Crippen LogP contribution is 2.26. The number of nitrogens with two attached hydrogens (primary N) is 1. The van der Waals surface area contributed by atoms with E-state index in [0.29, 0.717) is 37.9 Å². The van der Waals surface area contributed by atoms with Crippen LogP contribution in [0.5, 0.6) is 0 Å². The van der Waals surface area contributed by atoms with Crippen LogP contribution in [0.4, 0.5) is 4.79 Å². The van der Waals surface area contributed by atoms with Gasteiger partial charge in [-0.2, -0.15) is 0 Å². The molecule has 1 saturated heterocycles. The molecule has 0 aromatic rings. The van der Waals surface area contributed by atoms with Gasteiger partial charge >= 0.3 is 6.03 Å². The number of likely N-dealkylation sites (tertiary alicyclic amines) is 1. The van der Waals surface area contributed by atoms with Crippen LogP contribution in [0, 0.1) is 11.8 Å². The number of nitrogens with one attached hydrogen (secondary N) is 4. The fourth-order valence-electron chi connectivity index (χ4n) is 3.85. The zero-order chi connectivity index (χ0) is 30.7. The minimum absolute atomic E-state index is 0.110. The fraction of sp³-hybridized carbons (Fsp3) is 0.714. The minimum Gasteiger partial charge on any atom is -0.352 e. The van der Waals surface area contributed by atoms with Gasteiger partial charge in [0, 0.05) is 37.5 Å². The number of unbranched alkanes of at least 4 members (excludes halogenated alkanes) is 2. The van der Waals surface area contributed by atoms with Gasteiger partial charge in [0.05, 0.1) is 6.54 Å². The van der Waals surface area contributed by atoms with E-state index in [1.165, 1.54) is 11.3 Å². The number of amides is 7. The average molecular weight is 567 g/mol. The highest BCUT2D eigenvalue weighted by atomic mass is 16.2. The van der Waals surface area contributed by atoms with Gasteiger partial charge in [0.1, 0.15) is 6.04 Å². The Kier molecular flexibility index (Phi) is 18.7. The maximum Gasteiger partial charge on any atom is 0.312 e. The van der Waals surface area contributed by atoms with E-state index >= 15 is 0 Å². The molecule has 228 valence electrons. The van der Waals surface area contributed by atoms with Crippen molar-refractivity contribution in [1.29, 1.82) is 0 Å². The summed E-state index contributed by atoms with van der Waals surface area (Å²) in [6.07, 6.45) is 5.94. The zero-order valence-electron chi connectivity index (χ0n) is 25.1. The molecule has 0 radical (unpaired) electrons. The van der Waals surface area contributed by atoms with Crippen molar-refractivity contribution in [2.24, 2.45) is 17.6 Å². The third-order valence-corrected chi connectivity index (χ3v) is 6.19. The third kappa shape index (κ3) is 15.2. The van der Waals surface area contributed by atoms with E-state index in [1.54, 1.807) is 19.9 Å². The van der Waals surface area contributed by atoms with Crippen LogP contribution < -0.4 is 27.0 Å². The topological polar surface area (TPSA) is 180 Å². The van der Waals surface area contributed by atoms with Gasteiger partial charge in [0.15, 0.2) is 0 Å². The second-order valence-electron chi connectivity index (χ2n) is 10.2. The van der Waals surface area contributed by atoms with Crippen molar-refractivity contribution >= 4 is 35.6 Å². The molecule has 1 rings (SSSR count). The predicted molar refractivity (Wildman–Crippen MR) is 153 cm³/mol. The second-order valence-corrected chi connectivity index (χ2v) is 10.2. The lowest BCUT2D eigenvalue weighted by Gasteiger charge is -2.19. The zero-order valence-corrected chi connectivity index (χ0v) is 25.1. The monoisotopic (exact) mass is 566 g/mol. The van der Waals surface area contributed by atoms with Crippen molar-refractivity contribution in [3.8, 4) is 0 Å². The molecule has 0 spiro atoms. The maximum absolute atomic E-state index is 12.5. The summed E-state index contributed by atoms with van der Waals surface area (Å²) < 4.78 is 0. The normalized spacial score (nSPS) is 15.7.